The summed E-state index contributed by atoms with van der Waals surface area (Å²) in [5.41, 5.74) is 0.840. The van der Waals surface area contributed by atoms with Gasteiger partial charge in [-0.15, -0.1) is 0 Å². The minimum atomic E-state index is 0.0315. The van der Waals surface area contributed by atoms with E-state index in [1.54, 1.807) is 0 Å². The third-order valence-corrected chi connectivity index (χ3v) is 1.68. The molecule has 2 nitrogen and oxygen atoms in total. The number of nitrogens with one attached hydrogen (secondary N) is 1. The first-order chi connectivity index (χ1) is 5.34. The summed E-state index contributed by atoms with van der Waals surface area (Å²) in [6.45, 7) is 0.638. The Morgan fingerprint density at radius 1 is 1.73 bits per heavy atom. The quantitative estimate of drug-likeness (QED) is 0.604. The minimum Gasteiger partial charge on any atom is -0.351 e. The first kappa shape index (κ1) is 8.40. The van der Waals surface area contributed by atoms with E-state index in [1.807, 2.05) is 18.2 Å². The lowest BCUT2D eigenvalue weighted by molar-refractivity contribution is -0.117. The van der Waals surface area contributed by atoms with Crippen LogP contribution in [0.4, 0.5) is 0 Å². The van der Waals surface area contributed by atoms with Gasteiger partial charge in [-0.2, -0.15) is 12.6 Å². The van der Waals surface area contributed by atoms with Gasteiger partial charge in [0.2, 0.25) is 5.91 Å². The Kier molecular flexibility index (Phi) is 3.23. The first-order valence-electron chi connectivity index (χ1n) is 3.59. The zero-order valence-corrected chi connectivity index (χ0v) is 7.10. The van der Waals surface area contributed by atoms with Crippen LogP contribution in [-0.4, -0.2) is 18.2 Å². The number of hydrogen-bond acceptors (Lipinski definition) is 2. The highest BCUT2D eigenvalue weighted by atomic mass is 32.1. The van der Waals surface area contributed by atoms with Crippen LogP contribution in [0.3, 0.4) is 0 Å². The topological polar surface area (TPSA) is 29.1 Å². The molecule has 1 amide bonds. The Morgan fingerprint density at radius 3 is 3.09 bits per heavy atom. The monoisotopic (exact) mass is 169 g/mol. The van der Waals surface area contributed by atoms with Crippen LogP contribution in [-0.2, 0) is 4.79 Å². The minimum absolute atomic E-state index is 0.0315. The van der Waals surface area contributed by atoms with Gasteiger partial charge in [-0.3, -0.25) is 4.79 Å². The number of allylic oxidation sites excluding steroid dienone is 3. The second-order valence-electron chi connectivity index (χ2n) is 2.30. The van der Waals surface area contributed by atoms with Crippen LogP contribution < -0.4 is 5.32 Å². The van der Waals surface area contributed by atoms with Crippen molar-refractivity contribution >= 4 is 18.5 Å². The van der Waals surface area contributed by atoms with Crippen LogP contribution in [0, 0.1) is 0 Å². The summed E-state index contributed by atoms with van der Waals surface area (Å²) in [7, 11) is 0. The highest BCUT2D eigenvalue weighted by molar-refractivity contribution is 7.80. The van der Waals surface area contributed by atoms with E-state index in [2.05, 4.69) is 17.9 Å². The molecule has 0 aliphatic heterocycles. The van der Waals surface area contributed by atoms with Gasteiger partial charge >= 0.3 is 0 Å². The van der Waals surface area contributed by atoms with Gasteiger partial charge in [0.1, 0.15) is 0 Å². The zero-order chi connectivity index (χ0) is 8.10. The van der Waals surface area contributed by atoms with E-state index in [0.717, 1.165) is 12.0 Å². The highest BCUT2D eigenvalue weighted by Crippen LogP contribution is 2.09. The normalized spacial score (nSPS) is 14.8. The molecule has 3 heteroatoms. The van der Waals surface area contributed by atoms with E-state index in [-0.39, 0.29) is 5.91 Å². The molecule has 0 saturated heterocycles. The summed E-state index contributed by atoms with van der Waals surface area (Å²) < 4.78 is 0. The maximum Gasteiger partial charge on any atom is 0.247 e. The Morgan fingerprint density at radius 2 is 2.55 bits per heavy atom. The molecule has 0 saturated carbocycles. The molecule has 0 aromatic carbocycles. The van der Waals surface area contributed by atoms with Crippen molar-refractivity contribution < 1.29 is 4.79 Å². The van der Waals surface area contributed by atoms with Gasteiger partial charge in [-0.25, -0.2) is 0 Å². The standard InChI is InChI=1S/C8H11NOS/c10-8(9-5-6-11)7-3-1-2-4-7/h1-3,11H,4-6H2,(H,9,10). The average Bonchev–Trinajstić information content (AvgIpc) is 2.52. The average molecular weight is 169 g/mol. The van der Waals surface area contributed by atoms with E-state index in [0.29, 0.717) is 12.3 Å². The molecule has 11 heavy (non-hydrogen) atoms. The van der Waals surface area contributed by atoms with Crippen LogP contribution in [0.25, 0.3) is 0 Å². The fraction of sp³-hybridized carbons (Fsp3) is 0.375. The fourth-order valence-corrected chi connectivity index (χ4v) is 1.01. The lowest BCUT2D eigenvalue weighted by atomic mass is 10.2. The summed E-state index contributed by atoms with van der Waals surface area (Å²) in [6, 6.07) is 0. The van der Waals surface area contributed by atoms with Gasteiger partial charge in [0.05, 0.1) is 0 Å². The van der Waals surface area contributed by atoms with E-state index >= 15 is 0 Å². The molecular weight excluding hydrogens is 158 g/mol. The summed E-state index contributed by atoms with van der Waals surface area (Å²) in [5, 5.41) is 2.75. The molecule has 0 aromatic rings. The number of amides is 1. The van der Waals surface area contributed by atoms with Crippen molar-refractivity contribution in [1.29, 1.82) is 0 Å². The number of rotatable bonds is 3. The van der Waals surface area contributed by atoms with Crippen molar-refractivity contribution in [2.75, 3.05) is 12.3 Å². The molecule has 0 atom stereocenters. The van der Waals surface area contributed by atoms with Gasteiger partial charge in [0.15, 0.2) is 0 Å². The van der Waals surface area contributed by atoms with Crippen LogP contribution in [0.2, 0.25) is 0 Å². The lowest BCUT2D eigenvalue weighted by Crippen LogP contribution is -2.26. The molecule has 0 bridgehead atoms. The van der Waals surface area contributed by atoms with Gasteiger partial charge < -0.3 is 5.32 Å². The number of hydrogen-bond donors (Lipinski definition) is 2. The Bertz CT molecular complexity index is 208. The first-order valence-corrected chi connectivity index (χ1v) is 4.22. The van der Waals surface area contributed by atoms with Crippen molar-refractivity contribution in [3.63, 3.8) is 0 Å². The molecule has 60 valence electrons. The van der Waals surface area contributed by atoms with E-state index in [1.165, 1.54) is 0 Å². The third kappa shape index (κ3) is 2.42. The number of carbonyl (C=O) groups is 1. The largest absolute Gasteiger partial charge is 0.351 e. The van der Waals surface area contributed by atoms with Crippen molar-refractivity contribution in [3.05, 3.63) is 23.8 Å². The summed E-state index contributed by atoms with van der Waals surface area (Å²) in [6.07, 6.45) is 6.47. The van der Waals surface area contributed by atoms with Crippen molar-refractivity contribution in [2.45, 2.75) is 6.42 Å². The molecule has 1 rings (SSSR count). The predicted octanol–water partition coefficient (Wildman–Crippen LogP) is 0.919. The van der Waals surface area contributed by atoms with Crippen molar-refractivity contribution in [1.82, 2.24) is 5.32 Å². The SMILES string of the molecule is O=C(NCCS)C1=CC=CC1. The maximum absolute atomic E-state index is 11.2. The summed E-state index contributed by atoms with van der Waals surface area (Å²) >= 11 is 3.99. The van der Waals surface area contributed by atoms with Gasteiger partial charge in [-0.05, 0) is 6.42 Å². The lowest BCUT2D eigenvalue weighted by Gasteiger charge is -2.02. The van der Waals surface area contributed by atoms with Crippen LogP contribution in [0.15, 0.2) is 23.8 Å². The Labute approximate surface area is 71.8 Å². The van der Waals surface area contributed by atoms with E-state index < -0.39 is 0 Å². The molecule has 0 heterocycles. The maximum atomic E-state index is 11.2. The van der Waals surface area contributed by atoms with Gasteiger partial charge in [-0.1, -0.05) is 18.2 Å². The highest BCUT2D eigenvalue weighted by Gasteiger charge is 2.07. The smallest absolute Gasteiger partial charge is 0.247 e. The second-order valence-corrected chi connectivity index (χ2v) is 2.75. The fourth-order valence-electron chi connectivity index (χ4n) is 0.899. The molecule has 0 aromatic heterocycles. The molecule has 0 radical (unpaired) electrons. The molecule has 0 spiro atoms. The van der Waals surface area contributed by atoms with Gasteiger partial charge in [0, 0.05) is 17.9 Å². The Hall–Kier alpha value is -0.700. The summed E-state index contributed by atoms with van der Waals surface area (Å²) in [5.74, 6) is 0.718. The van der Waals surface area contributed by atoms with E-state index in [4.69, 9.17) is 0 Å². The van der Waals surface area contributed by atoms with Crippen molar-refractivity contribution in [3.8, 4) is 0 Å². The molecule has 0 fully saturated rings. The van der Waals surface area contributed by atoms with E-state index in [9.17, 15) is 4.79 Å². The second kappa shape index (κ2) is 4.23. The summed E-state index contributed by atoms with van der Waals surface area (Å²) in [4.78, 5) is 11.2. The number of thiol groups is 1. The zero-order valence-electron chi connectivity index (χ0n) is 6.21. The molecule has 1 N–H and O–H groups in total. The van der Waals surface area contributed by atoms with Crippen molar-refractivity contribution in [2.24, 2.45) is 0 Å². The predicted molar refractivity (Wildman–Crippen MR) is 48.7 cm³/mol. The van der Waals surface area contributed by atoms with Gasteiger partial charge in [0.25, 0.3) is 0 Å². The molecular formula is C8H11NOS. The Balaban J connectivity index is 2.31. The third-order valence-electron chi connectivity index (χ3n) is 1.46. The molecule has 1 aliphatic carbocycles. The number of carbonyl (C=O) groups excluding carboxylic acids is 1. The molecule has 0 unspecified atom stereocenters. The van der Waals surface area contributed by atoms with Crippen LogP contribution in [0.1, 0.15) is 6.42 Å². The van der Waals surface area contributed by atoms with Crippen LogP contribution >= 0.6 is 12.6 Å². The molecule has 1 aliphatic rings. The van der Waals surface area contributed by atoms with Crippen LogP contribution in [0.5, 0.6) is 0 Å².